The smallest absolute Gasteiger partial charge is 0.272 e. The predicted molar refractivity (Wildman–Crippen MR) is 197 cm³/mol. The number of carbonyl (C=O) groups is 3. The first-order valence-corrected chi connectivity index (χ1v) is 17.2. The van der Waals surface area contributed by atoms with Crippen LogP contribution in [-0.2, 0) is 9.59 Å². The molecule has 1 aromatic heterocycles. The molecule has 0 spiro atoms. The molecule has 5 rings (SSSR count). The van der Waals surface area contributed by atoms with E-state index in [1.54, 1.807) is 66.7 Å². The van der Waals surface area contributed by atoms with Gasteiger partial charge in [-0.15, -0.1) is 23.1 Å². The Morgan fingerprint density at radius 2 is 1.65 bits per heavy atom. The maximum absolute atomic E-state index is 13.7. The van der Waals surface area contributed by atoms with Crippen molar-refractivity contribution in [3.63, 3.8) is 0 Å². The van der Waals surface area contributed by atoms with Gasteiger partial charge in [-0.05, 0) is 55.8 Å². The maximum atomic E-state index is 13.7. The number of hydrogen-bond donors (Lipinski definition) is 3. The van der Waals surface area contributed by atoms with Gasteiger partial charge >= 0.3 is 0 Å². The summed E-state index contributed by atoms with van der Waals surface area (Å²) in [6.07, 6.45) is 2.11. The standard InChI is InChI=1S/C38H36N4O5S2/c1-5-33(37(45)42-38-41-31(23-48-38)25-19-17-24(2)18-20-25)49-29-15-10-14-28(22-29)39-36(44)30(40-35(43)26-11-7-6-8-12-26)21-27-13-9-16-32(46-3)34(27)47-4/h6-23,33H,5H2,1-4H3,(H,39,44)(H,40,43)(H,41,42,45)/b30-21+. The molecule has 0 aliphatic rings. The van der Waals surface area contributed by atoms with Crippen LogP contribution in [0.5, 0.6) is 11.5 Å². The van der Waals surface area contributed by atoms with Crippen LogP contribution in [0.15, 0.2) is 113 Å². The number of carbonyl (C=O) groups excluding carboxylic acids is 3. The van der Waals surface area contributed by atoms with Crippen LogP contribution in [0.25, 0.3) is 17.3 Å². The zero-order valence-corrected chi connectivity index (χ0v) is 29.1. The average Bonchev–Trinajstić information content (AvgIpc) is 3.59. The van der Waals surface area contributed by atoms with Crippen molar-refractivity contribution < 1.29 is 23.9 Å². The number of aromatic nitrogens is 1. The van der Waals surface area contributed by atoms with Gasteiger partial charge in [0, 0.05) is 32.7 Å². The first-order chi connectivity index (χ1) is 23.8. The van der Waals surface area contributed by atoms with Gasteiger partial charge in [0.05, 0.1) is 25.2 Å². The van der Waals surface area contributed by atoms with E-state index in [0.29, 0.717) is 39.9 Å². The number of benzene rings is 4. The molecule has 9 nitrogen and oxygen atoms in total. The lowest BCUT2D eigenvalue weighted by Crippen LogP contribution is -2.30. The number of thiazole rings is 1. The van der Waals surface area contributed by atoms with Crippen LogP contribution in [0, 0.1) is 6.92 Å². The Bertz CT molecular complexity index is 1960. The minimum atomic E-state index is -0.547. The molecule has 0 saturated heterocycles. The number of nitrogens with one attached hydrogen (secondary N) is 3. The van der Waals surface area contributed by atoms with Crippen LogP contribution in [0.4, 0.5) is 10.8 Å². The van der Waals surface area contributed by atoms with Gasteiger partial charge in [0.1, 0.15) is 5.70 Å². The van der Waals surface area contributed by atoms with Gasteiger partial charge in [-0.1, -0.05) is 73.2 Å². The molecule has 0 fully saturated rings. The second-order valence-electron chi connectivity index (χ2n) is 10.9. The van der Waals surface area contributed by atoms with E-state index in [9.17, 15) is 14.4 Å². The molecular weight excluding hydrogens is 657 g/mol. The number of methoxy groups -OCH3 is 2. The lowest BCUT2D eigenvalue weighted by Gasteiger charge is -2.15. The van der Waals surface area contributed by atoms with Gasteiger partial charge < -0.3 is 25.4 Å². The normalized spacial score (nSPS) is 11.7. The molecule has 0 aliphatic carbocycles. The first-order valence-electron chi connectivity index (χ1n) is 15.5. The number of para-hydroxylation sites is 1. The van der Waals surface area contributed by atoms with Crippen molar-refractivity contribution in [1.29, 1.82) is 0 Å². The number of aryl methyl sites for hydroxylation is 1. The fourth-order valence-electron chi connectivity index (χ4n) is 4.83. The first kappa shape index (κ1) is 34.9. The highest BCUT2D eigenvalue weighted by Crippen LogP contribution is 2.33. The van der Waals surface area contributed by atoms with E-state index >= 15 is 0 Å². The average molecular weight is 693 g/mol. The van der Waals surface area contributed by atoms with Crippen LogP contribution in [0.2, 0.25) is 0 Å². The Labute approximate surface area is 293 Å². The highest BCUT2D eigenvalue weighted by Gasteiger charge is 2.21. The zero-order chi connectivity index (χ0) is 34.8. The predicted octanol–water partition coefficient (Wildman–Crippen LogP) is 8.05. The van der Waals surface area contributed by atoms with Gasteiger partial charge in [-0.3, -0.25) is 14.4 Å². The molecule has 3 N–H and O–H groups in total. The molecule has 250 valence electrons. The molecule has 5 aromatic rings. The van der Waals surface area contributed by atoms with Crippen molar-refractivity contribution >= 4 is 57.7 Å². The lowest BCUT2D eigenvalue weighted by atomic mass is 10.1. The van der Waals surface area contributed by atoms with Crippen molar-refractivity contribution in [2.24, 2.45) is 0 Å². The van der Waals surface area contributed by atoms with E-state index in [0.717, 1.165) is 16.2 Å². The largest absolute Gasteiger partial charge is 0.493 e. The number of nitrogens with zero attached hydrogens (tertiary/aromatic N) is 1. The Kier molecular flexibility index (Phi) is 11.9. The summed E-state index contributed by atoms with van der Waals surface area (Å²) in [6, 6.07) is 29.2. The van der Waals surface area contributed by atoms with Crippen molar-refractivity contribution in [2.45, 2.75) is 30.4 Å². The monoisotopic (exact) mass is 692 g/mol. The molecule has 1 heterocycles. The summed E-state index contributed by atoms with van der Waals surface area (Å²) in [6.45, 7) is 3.98. The molecule has 11 heteroatoms. The van der Waals surface area contributed by atoms with Gasteiger partial charge in [0.25, 0.3) is 11.8 Å². The molecule has 0 saturated carbocycles. The molecule has 0 bridgehead atoms. The number of ether oxygens (including phenoxy) is 2. The highest BCUT2D eigenvalue weighted by molar-refractivity contribution is 8.00. The number of thioether (sulfide) groups is 1. The molecule has 4 aromatic carbocycles. The number of rotatable bonds is 13. The maximum Gasteiger partial charge on any atom is 0.272 e. The van der Waals surface area contributed by atoms with E-state index in [4.69, 9.17) is 9.47 Å². The van der Waals surface area contributed by atoms with Crippen LogP contribution in [0.1, 0.15) is 34.8 Å². The Morgan fingerprint density at radius 3 is 2.37 bits per heavy atom. The quantitative estimate of drug-likeness (QED) is 0.0844. The van der Waals surface area contributed by atoms with E-state index in [2.05, 4.69) is 20.9 Å². The molecule has 3 amide bonds. The third kappa shape index (κ3) is 9.16. The minimum Gasteiger partial charge on any atom is -0.493 e. The number of hydrogen-bond acceptors (Lipinski definition) is 8. The topological polar surface area (TPSA) is 119 Å². The molecule has 0 aliphatic heterocycles. The summed E-state index contributed by atoms with van der Waals surface area (Å²) in [7, 11) is 3.03. The van der Waals surface area contributed by atoms with Crippen LogP contribution in [-0.4, -0.2) is 42.2 Å². The molecular formula is C38H36N4O5S2. The van der Waals surface area contributed by atoms with Gasteiger partial charge in [-0.2, -0.15) is 0 Å². The van der Waals surface area contributed by atoms with Crippen LogP contribution >= 0.6 is 23.1 Å². The van der Waals surface area contributed by atoms with Crippen molar-refractivity contribution in [3.8, 4) is 22.8 Å². The number of amides is 3. The third-order valence-corrected chi connectivity index (χ3v) is 9.49. The summed E-state index contributed by atoms with van der Waals surface area (Å²) >= 11 is 2.77. The van der Waals surface area contributed by atoms with Gasteiger partial charge in [0.15, 0.2) is 16.6 Å². The Morgan fingerprint density at radius 1 is 0.898 bits per heavy atom. The van der Waals surface area contributed by atoms with E-state index in [-0.39, 0.29) is 11.6 Å². The van der Waals surface area contributed by atoms with Crippen LogP contribution < -0.4 is 25.4 Å². The summed E-state index contributed by atoms with van der Waals surface area (Å²) in [5.74, 6) is -0.264. The molecule has 1 atom stereocenters. The Hall–Kier alpha value is -5.39. The summed E-state index contributed by atoms with van der Waals surface area (Å²) in [5, 5.41) is 10.7. The summed E-state index contributed by atoms with van der Waals surface area (Å²) in [4.78, 5) is 45.5. The fraction of sp³-hybridized carbons (Fsp3) is 0.158. The lowest BCUT2D eigenvalue weighted by molar-refractivity contribution is -0.116. The minimum absolute atomic E-state index is 0.00210. The third-order valence-electron chi connectivity index (χ3n) is 7.38. The molecule has 0 radical (unpaired) electrons. The molecule has 49 heavy (non-hydrogen) atoms. The van der Waals surface area contributed by atoms with Gasteiger partial charge in [-0.25, -0.2) is 4.98 Å². The van der Waals surface area contributed by atoms with Crippen molar-refractivity contribution in [2.75, 3.05) is 24.9 Å². The Balaban J connectivity index is 1.31. The highest BCUT2D eigenvalue weighted by atomic mass is 32.2. The van der Waals surface area contributed by atoms with E-state index in [1.807, 2.05) is 49.6 Å². The van der Waals surface area contributed by atoms with Crippen molar-refractivity contribution in [1.82, 2.24) is 10.3 Å². The molecule has 1 unspecified atom stereocenters. The number of anilines is 2. The second kappa shape index (κ2) is 16.6. The van der Waals surface area contributed by atoms with E-state index in [1.165, 1.54) is 49.0 Å². The van der Waals surface area contributed by atoms with Crippen molar-refractivity contribution in [3.05, 3.63) is 125 Å². The SMILES string of the molecule is CCC(Sc1cccc(NC(=O)/C(=C\c2cccc(OC)c2OC)NC(=O)c2ccccc2)c1)C(=O)Nc1nc(-c2ccc(C)cc2)cs1. The second-order valence-corrected chi connectivity index (χ2v) is 13.0. The summed E-state index contributed by atoms with van der Waals surface area (Å²) < 4.78 is 11.0. The van der Waals surface area contributed by atoms with Gasteiger partial charge in [0.2, 0.25) is 5.91 Å². The van der Waals surface area contributed by atoms with Crippen LogP contribution in [0.3, 0.4) is 0 Å². The summed E-state index contributed by atoms with van der Waals surface area (Å²) in [5.41, 5.74) is 4.38. The fourth-order valence-corrected chi connectivity index (χ4v) is 6.57. The van der Waals surface area contributed by atoms with E-state index < -0.39 is 17.1 Å². The zero-order valence-electron chi connectivity index (χ0n) is 27.5.